The van der Waals surface area contributed by atoms with Crippen molar-refractivity contribution in [2.45, 2.75) is 38.5 Å². The van der Waals surface area contributed by atoms with Crippen molar-refractivity contribution in [3.05, 3.63) is 0 Å². The van der Waals surface area contributed by atoms with Crippen molar-refractivity contribution >= 4 is 11.9 Å². The zero-order chi connectivity index (χ0) is 13.4. The summed E-state index contributed by atoms with van der Waals surface area (Å²) in [5, 5.41) is 0. The van der Waals surface area contributed by atoms with E-state index in [0.29, 0.717) is 32.4 Å². The van der Waals surface area contributed by atoms with Crippen LogP contribution in [-0.4, -0.2) is 37.0 Å². The van der Waals surface area contributed by atoms with Crippen LogP contribution in [0.3, 0.4) is 0 Å². The Hall–Kier alpha value is -1.50. The number of unbranched alkanes of at least 4 members (excludes halogenated alkanes) is 2. The number of piperidine rings is 1. The van der Waals surface area contributed by atoms with E-state index in [-0.39, 0.29) is 17.8 Å². The van der Waals surface area contributed by atoms with E-state index in [0.717, 1.165) is 19.3 Å². The first-order chi connectivity index (χ1) is 8.69. The summed E-state index contributed by atoms with van der Waals surface area (Å²) in [5.41, 5.74) is 0. The van der Waals surface area contributed by atoms with Crippen molar-refractivity contribution in [1.82, 2.24) is 4.90 Å². The van der Waals surface area contributed by atoms with Crippen LogP contribution >= 0.6 is 0 Å². The largest absolute Gasteiger partial charge is 0.469 e. The molecule has 0 aromatic heterocycles. The molecular weight excluding hydrogens is 230 g/mol. The number of esters is 1. The summed E-state index contributed by atoms with van der Waals surface area (Å²) in [6.07, 6.45) is 9.62. The van der Waals surface area contributed by atoms with Crippen LogP contribution in [0.4, 0.5) is 0 Å². The molecule has 0 aliphatic carbocycles. The monoisotopic (exact) mass is 251 g/mol. The van der Waals surface area contributed by atoms with Crippen molar-refractivity contribution in [2.75, 3.05) is 20.2 Å². The minimum atomic E-state index is -0.156. The average molecular weight is 251 g/mol. The van der Waals surface area contributed by atoms with Gasteiger partial charge in [0.05, 0.1) is 13.0 Å². The Bertz CT molecular complexity index is 324. The lowest BCUT2D eigenvalue weighted by Gasteiger charge is -2.30. The Morgan fingerprint density at radius 2 is 2.00 bits per heavy atom. The third-order valence-electron chi connectivity index (χ3n) is 3.34. The Morgan fingerprint density at radius 1 is 1.33 bits per heavy atom. The third-order valence-corrected chi connectivity index (χ3v) is 3.34. The standard InChI is InChI=1S/C14H21NO3/c1-3-4-5-6-7-13(16)15-10-8-12(9-11-15)14(17)18-2/h1,12H,4-11H2,2H3. The molecule has 1 heterocycles. The van der Waals surface area contributed by atoms with Crippen molar-refractivity contribution < 1.29 is 14.3 Å². The number of methoxy groups -OCH3 is 1. The van der Waals surface area contributed by atoms with E-state index in [4.69, 9.17) is 11.2 Å². The first kappa shape index (κ1) is 14.6. The smallest absolute Gasteiger partial charge is 0.308 e. The van der Waals surface area contributed by atoms with Crippen molar-refractivity contribution in [3.8, 4) is 12.3 Å². The second-order valence-electron chi connectivity index (χ2n) is 4.59. The molecular formula is C14H21NO3. The maximum Gasteiger partial charge on any atom is 0.308 e. The summed E-state index contributed by atoms with van der Waals surface area (Å²) in [4.78, 5) is 25.1. The first-order valence-corrected chi connectivity index (χ1v) is 6.48. The summed E-state index contributed by atoms with van der Waals surface area (Å²) in [7, 11) is 1.41. The van der Waals surface area contributed by atoms with E-state index in [2.05, 4.69) is 5.92 Å². The number of carbonyl (C=O) groups excluding carboxylic acids is 2. The highest BCUT2D eigenvalue weighted by atomic mass is 16.5. The molecule has 0 N–H and O–H groups in total. The minimum absolute atomic E-state index is 0.0412. The van der Waals surface area contributed by atoms with Crippen molar-refractivity contribution in [3.63, 3.8) is 0 Å². The van der Waals surface area contributed by atoms with Gasteiger partial charge in [-0.1, -0.05) is 0 Å². The van der Waals surface area contributed by atoms with Gasteiger partial charge in [0.1, 0.15) is 0 Å². The molecule has 0 spiro atoms. The van der Waals surface area contributed by atoms with Crippen LogP contribution in [0.25, 0.3) is 0 Å². The predicted molar refractivity (Wildman–Crippen MR) is 68.6 cm³/mol. The molecule has 1 aliphatic rings. The summed E-state index contributed by atoms with van der Waals surface area (Å²) < 4.78 is 4.72. The highest BCUT2D eigenvalue weighted by molar-refractivity contribution is 5.77. The number of carbonyl (C=O) groups is 2. The molecule has 18 heavy (non-hydrogen) atoms. The number of rotatable bonds is 5. The van der Waals surface area contributed by atoms with Gasteiger partial charge in [-0.2, -0.15) is 0 Å². The molecule has 100 valence electrons. The van der Waals surface area contributed by atoms with E-state index >= 15 is 0 Å². The molecule has 1 aliphatic heterocycles. The predicted octanol–water partition coefficient (Wildman–Crippen LogP) is 1.59. The lowest BCUT2D eigenvalue weighted by Crippen LogP contribution is -2.40. The summed E-state index contributed by atoms with van der Waals surface area (Å²) in [5.74, 6) is 2.55. The molecule has 1 amide bonds. The van der Waals surface area contributed by atoms with E-state index in [9.17, 15) is 9.59 Å². The van der Waals surface area contributed by atoms with Crippen LogP contribution in [0, 0.1) is 18.3 Å². The van der Waals surface area contributed by atoms with E-state index < -0.39 is 0 Å². The zero-order valence-electron chi connectivity index (χ0n) is 11.0. The van der Waals surface area contributed by atoms with Crippen LogP contribution in [0.5, 0.6) is 0 Å². The number of ether oxygens (including phenoxy) is 1. The number of amides is 1. The summed E-state index contributed by atoms with van der Waals surface area (Å²) in [6, 6.07) is 0. The minimum Gasteiger partial charge on any atom is -0.469 e. The number of likely N-dealkylation sites (tertiary alicyclic amines) is 1. The summed E-state index contributed by atoms with van der Waals surface area (Å²) >= 11 is 0. The Balaban J connectivity index is 2.23. The lowest BCUT2D eigenvalue weighted by molar-refractivity contribution is -0.148. The van der Waals surface area contributed by atoms with E-state index in [1.807, 2.05) is 4.90 Å². The highest BCUT2D eigenvalue weighted by Gasteiger charge is 2.27. The van der Waals surface area contributed by atoms with Gasteiger partial charge >= 0.3 is 5.97 Å². The maximum atomic E-state index is 11.9. The second-order valence-corrected chi connectivity index (χ2v) is 4.59. The van der Waals surface area contributed by atoms with E-state index in [1.54, 1.807) is 0 Å². The van der Waals surface area contributed by atoms with Gasteiger partial charge in [0.25, 0.3) is 0 Å². The van der Waals surface area contributed by atoms with E-state index in [1.165, 1.54) is 7.11 Å². The normalized spacial score (nSPS) is 16.1. The fraction of sp³-hybridized carbons (Fsp3) is 0.714. The van der Waals surface area contributed by atoms with Crippen LogP contribution in [0.1, 0.15) is 38.5 Å². The molecule has 0 saturated carbocycles. The fourth-order valence-corrected chi connectivity index (χ4v) is 2.19. The SMILES string of the molecule is C#CCCCCC(=O)N1CCC(C(=O)OC)CC1. The van der Waals surface area contributed by atoms with Gasteiger partial charge in [-0.3, -0.25) is 9.59 Å². The van der Waals surface area contributed by atoms with Crippen LogP contribution in [0.15, 0.2) is 0 Å². The third kappa shape index (κ3) is 4.40. The molecule has 0 atom stereocenters. The molecule has 0 unspecified atom stereocenters. The molecule has 1 saturated heterocycles. The molecule has 0 aromatic rings. The molecule has 1 fully saturated rings. The Kier molecular flexibility index (Phi) is 6.27. The van der Waals surface area contributed by atoms with Crippen LogP contribution < -0.4 is 0 Å². The lowest BCUT2D eigenvalue weighted by atomic mass is 9.96. The molecule has 4 heteroatoms. The van der Waals surface area contributed by atoms with Gasteiger partial charge in [-0.15, -0.1) is 12.3 Å². The molecule has 1 rings (SSSR count). The van der Waals surface area contributed by atoms with Gasteiger partial charge in [0.15, 0.2) is 0 Å². The molecule has 0 bridgehead atoms. The second kappa shape index (κ2) is 7.75. The van der Waals surface area contributed by atoms with Gasteiger partial charge in [-0.05, 0) is 25.7 Å². The van der Waals surface area contributed by atoms with Gasteiger partial charge in [0.2, 0.25) is 5.91 Å². The first-order valence-electron chi connectivity index (χ1n) is 6.48. The number of terminal acetylenes is 1. The van der Waals surface area contributed by atoms with Crippen molar-refractivity contribution in [1.29, 1.82) is 0 Å². The zero-order valence-corrected chi connectivity index (χ0v) is 11.0. The number of nitrogens with zero attached hydrogens (tertiary/aromatic N) is 1. The molecule has 4 nitrogen and oxygen atoms in total. The average Bonchev–Trinajstić information content (AvgIpc) is 2.42. The quantitative estimate of drug-likeness (QED) is 0.423. The van der Waals surface area contributed by atoms with Crippen LogP contribution in [0.2, 0.25) is 0 Å². The van der Waals surface area contributed by atoms with Crippen LogP contribution in [-0.2, 0) is 14.3 Å². The molecule has 0 radical (unpaired) electrons. The molecule has 0 aromatic carbocycles. The van der Waals surface area contributed by atoms with Gasteiger partial charge in [0, 0.05) is 25.9 Å². The Morgan fingerprint density at radius 3 is 2.56 bits per heavy atom. The number of hydrogen-bond acceptors (Lipinski definition) is 3. The number of hydrogen-bond donors (Lipinski definition) is 0. The van der Waals surface area contributed by atoms with Gasteiger partial charge in [-0.25, -0.2) is 0 Å². The maximum absolute atomic E-state index is 11.9. The van der Waals surface area contributed by atoms with Gasteiger partial charge < -0.3 is 9.64 Å². The fourth-order valence-electron chi connectivity index (χ4n) is 2.19. The Labute approximate surface area is 109 Å². The van der Waals surface area contributed by atoms with Crippen molar-refractivity contribution in [2.24, 2.45) is 5.92 Å². The highest BCUT2D eigenvalue weighted by Crippen LogP contribution is 2.19. The summed E-state index contributed by atoms with van der Waals surface area (Å²) in [6.45, 7) is 1.32. The topological polar surface area (TPSA) is 46.6 Å².